The number of aromatic nitrogens is 2. The minimum atomic E-state index is 0.643. The Morgan fingerprint density at radius 2 is 2.08 bits per heavy atom. The van der Waals surface area contributed by atoms with Crippen LogP contribution in [0.5, 0.6) is 5.88 Å². The molecule has 0 unspecified atom stereocenters. The molecule has 4 heteroatoms. The fraction of sp³-hybridized carbons (Fsp3) is 0.381. The van der Waals surface area contributed by atoms with E-state index in [4.69, 9.17) is 4.74 Å². The Hall–Kier alpha value is -2.33. The number of aromatic amines is 1. The van der Waals surface area contributed by atoms with E-state index >= 15 is 0 Å². The Labute approximate surface area is 148 Å². The van der Waals surface area contributed by atoms with Crippen LogP contribution in [0.1, 0.15) is 25.5 Å². The van der Waals surface area contributed by atoms with E-state index in [2.05, 4.69) is 52.1 Å². The molecular formula is C21H25N3O. The highest BCUT2D eigenvalue weighted by Crippen LogP contribution is 2.26. The Bertz CT molecular complexity index is 853. The summed E-state index contributed by atoms with van der Waals surface area (Å²) >= 11 is 0. The van der Waals surface area contributed by atoms with Gasteiger partial charge in [-0.25, -0.2) is 4.98 Å². The molecule has 0 bridgehead atoms. The summed E-state index contributed by atoms with van der Waals surface area (Å²) in [6.07, 6.45) is 5.62. The lowest BCUT2D eigenvalue weighted by Gasteiger charge is -2.20. The molecule has 1 aliphatic heterocycles. The van der Waals surface area contributed by atoms with Crippen LogP contribution in [0.4, 0.5) is 0 Å². The lowest BCUT2D eigenvalue weighted by molar-refractivity contribution is 0.271. The third-order valence-corrected chi connectivity index (χ3v) is 5.31. The molecule has 130 valence electrons. The van der Waals surface area contributed by atoms with Crippen LogP contribution in [0.3, 0.4) is 0 Å². The summed E-state index contributed by atoms with van der Waals surface area (Å²) in [6, 6.07) is 13.5. The molecule has 3 heterocycles. The summed E-state index contributed by atoms with van der Waals surface area (Å²) in [6.45, 7) is 4.73. The second-order valence-electron chi connectivity index (χ2n) is 6.96. The number of methoxy groups -OCH3 is 1. The highest BCUT2D eigenvalue weighted by Gasteiger charge is 2.19. The molecule has 1 aliphatic rings. The minimum absolute atomic E-state index is 0.643. The largest absolute Gasteiger partial charge is 0.481 e. The van der Waals surface area contributed by atoms with Crippen LogP contribution in [-0.2, 0) is 6.42 Å². The summed E-state index contributed by atoms with van der Waals surface area (Å²) in [5.41, 5.74) is 4.81. The number of ether oxygens (including phenoxy) is 1. The predicted molar refractivity (Wildman–Crippen MR) is 102 cm³/mol. The molecule has 0 saturated carbocycles. The maximum atomic E-state index is 5.14. The van der Waals surface area contributed by atoms with E-state index in [-0.39, 0.29) is 0 Å². The number of pyridine rings is 1. The zero-order valence-corrected chi connectivity index (χ0v) is 15.0. The third kappa shape index (κ3) is 3.40. The first-order valence-corrected chi connectivity index (χ1v) is 9.09. The topological polar surface area (TPSA) is 41.1 Å². The predicted octanol–water partition coefficient (Wildman–Crippen LogP) is 4.27. The number of H-pyrrole nitrogens is 1. The van der Waals surface area contributed by atoms with Crippen molar-refractivity contribution in [2.45, 2.75) is 32.2 Å². The molecule has 25 heavy (non-hydrogen) atoms. The van der Waals surface area contributed by atoms with Crippen molar-refractivity contribution in [3.05, 3.63) is 48.3 Å². The van der Waals surface area contributed by atoms with Crippen molar-refractivity contribution in [2.75, 3.05) is 20.2 Å². The number of hydrogen-bond donors (Lipinski definition) is 1. The monoisotopic (exact) mass is 335 g/mol. The lowest BCUT2D eigenvalue weighted by Crippen LogP contribution is -2.29. The molecule has 1 atom stereocenters. The summed E-state index contributed by atoms with van der Waals surface area (Å²) in [5, 5.41) is 1.26. The average Bonchev–Trinajstić information content (AvgIpc) is 3.24. The maximum absolute atomic E-state index is 5.14. The van der Waals surface area contributed by atoms with E-state index in [1.54, 1.807) is 7.11 Å². The van der Waals surface area contributed by atoms with Gasteiger partial charge >= 0.3 is 0 Å². The number of nitrogens with zero attached hydrogens (tertiary/aromatic N) is 2. The molecule has 0 radical (unpaired) electrons. The number of likely N-dealkylation sites (tertiary alicyclic amines) is 1. The second kappa shape index (κ2) is 6.89. The molecule has 1 saturated heterocycles. The van der Waals surface area contributed by atoms with Crippen LogP contribution in [0, 0.1) is 0 Å². The van der Waals surface area contributed by atoms with Gasteiger partial charge in [-0.1, -0.05) is 6.07 Å². The van der Waals surface area contributed by atoms with Gasteiger partial charge < -0.3 is 14.6 Å². The summed E-state index contributed by atoms with van der Waals surface area (Å²) in [7, 11) is 1.64. The van der Waals surface area contributed by atoms with Gasteiger partial charge in [0.15, 0.2) is 0 Å². The van der Waals surface area contributed by atoms with Gasteiger partial charge in [0.2, 0.25) is 5.88 Å². The summed E-state index contributed by atoms with van der Waals surface area (Å²) in [4.78, 5) is 10.5. The van der Waals surface area contributed by atoms with Crippen LogP contribution in [0.15, 0.2) is 42.6 Å². The summed E-state index contributed by atoms with van der Waals surface area (Å²) < 4.78 is 5.14. The van der Waals surface area contributed by atoms with Gasteiger partial charge in [-0.15, -0.1) is 0 Å². The SMILES string of the molecule is COc1ccc(-c2ccc3[nH]c(CCN4CCC[C@H]4C)cc3c2)cn1. The minimum Gasteiger partial charge on any atom is -0.481 e. The third-order valence-electron chi connectivity index (χ3n) is 5.31. The van der Waals surface area contributed by atoms with Crippen molar-refractivity contribution in [1.82, 2.24) is 14.9 Å². The molecule has 2 aromatic heterocycles. The van der Waals surface area contributed by atoms with Gasteiger partial charge in [0, 0.05) is 53.4 Å². The molecular weight excluding hydrogens is 310 g/mol. The van der Waals surface area contributed by atoms with Crippen molar-refractivity contribution in [3.63, 3.8) is 0 Å². The van der Waals surface area contributed by atoms with E-state index in [1.807, 2.05) is 12.3 Å². The molecule has 0 aliphatic carbocycles. The summed E-state index contributed by atoms with van der Waals surface area (Å²) in [5.74, 6) is 0.643. The quantitative estimate of drug-likeness (QED) is 0.757. The smallest absolute Gasteiger partial charge is 0.212 e. The molecule has 4 rings (SSSR count). The number of rotatable bonds is 5. The van der Waals surface area contributed by atoms with Gasteiger partial charge in [-0.05, 0) is 56.1 Å². The van der Waals surface area contributed by atoms with E-state index < -0.39 is 0 Å². The Morgan fingerprint density at radius 1 is 1.20 bits per heavy atom. The number of nitrogens with one attached hydrogen (secondary N) is 1. The van der Waals surface area contributed by atoms with Gasteiger partial charge in [0.05, 0.1) is 7.11 Å². The molecule has 0 spiro atoms. The zero-order valence-electron chi connectivity index (χ0n) is 15.0. The van der Waals surface area contributed by atoms with Crippen molar-refractivity contribution < 1.29 is 4.74 Å². The standard InChI is InChI=1S/C21H25N3O/c1-15-4-3-10-24(15)11-9-19-13-18-12-16(5-7-20(18)23-19)17-6-8-21(25-2)22-14-17/h5-8,12-15,23H,3-4,9-11H2,1-2H3/t15-/m1/s1. The first kappa shape index (κ1) is 16.2. The van der Waals surface area contributed by atoms with Gasteiger partial charge in [-0.2, -0.15) is 0 Å². The maximum Gasteiger partial charge on any atom is 0.212 e. The second-order valence-corrected chi connectivity index (χ2v) is 6.96. The molecule has 3 aromatic rings. The van der Waals surface area contributed by atoms with E-state index in [9.17, 15) is 0 Å². The molecule has 1 fully saturated rings. The van der Waals surface area contributed by atoms with Crippen molar-refractivity contribution in [3.8, 4) is 17.0 Å². The molecule has 4 nitrogen and oxygen atoms in total. The molecule has 1 N–H and O–H groups in total. The first-order valence-electron chi connectivity index (χ1n) is 9.09. The number of benzene rings is 1. The van der Waals surface area contributed by atoms with Crippen LogP contribution in [-0.4, -0.2) is 41.1 Å². The molecule has 0 amide bonds. The van der Waals surface area contributed by atoms with E-state index in [0.29, 0.717) is 5.88 Å². The van der Waals surface area contributed by atoms with Crippen molar-refractivity contribution >= 4 is 10.9 Å². The lowest BCUT2D eigenvalue weighted by atomic mass is 10.1. The van der Waals surface area contributed by atoms with Crippen LogP contribution in [0.25, 0.3) is 22.0 Å². The fourth-order valence-corrected chi connectivity index (χ4v) is 3.77. The highest BCUT2D eigenvalue weighted by atomic mass is 16.5. The van der Waals surface area contributed by atoms with Crippen LogP contribution >= 0.6 is 0 Å². The number of fused-ring (bicyclic) bond motifs is 1. The van der Waals surface area contributed by atoms with Crippen LogP contribution < -0.4 is 4.74 Å². The van der Waals surface area contributed by atoms with Crippen LogP contribution in [0.2, 0.25) is 0 Å². The highest BCUT2D eigenvalue weighted by molar-refractivity contribution is 5.85. The first-order chi connectivity index (χ1) is 12.2. The van der Waals surface area contributed by atoms with E-state index in [1.165, 1.54) is 41.5 Å². The van der Waals surface area contributed by atoms with Gasteiger partial charge in [0.25, 0.3) is 0 Å². The Morgan fingerprint density at radius 3 is 2.80 bits per heavy atom. The van der Waals surface area contributed by atoms with E-state index in [0.717, 1.165) is 24.6 Å². The fourth-order valence-electron chi connectivity index (χ4n) is 3.77. The Balaban J connectivity index is 1.52. The number of hydrogen-bond acceptors (Lipinski definition) is 3. The normalized spacial score (nSPS) is 18.1. The van der Waals surface area contributed by atoms with Gasteiger partial charge in [-0.3, -0.25) is 0 Å². The molecule has 1 aromatic carbocycles. The van der Waals surface area contributed by atoms with Crippen molar-refractivity contribution in [1.29, 1.82) is 0 Å². The Kier molecular flexibility index (Phi) is 4.45. The average molecular weight is 335 g/mol. The zero-order chi connectivity index (χ0) is 17.2. The van der Waals surface area contributed by atoms with Gasteiger partial charge in [0.1, 0.15) is 0 Å². The van der Waals surface area contributed by atoms with Crippen molar-refractivity contribution in [2.24, 2.45) is 0 Å².